The summed E-state index contributed by atoms with van der Waals surface area (Å²) in [5.74, 6) is -0.366. The van der Waals surface area contributed by atoms with Gasteiger partial charge < -0.3 is 10.1 Å². The van der Waals surface area contributed by atoms with E-state index in [2.05, 4.69) is 21.2 Å². The lowest BCUT2D eigenvalue weighted by Crippen LogP contribution is -2.35. The Labute approximate surface area is 135 Å². The Morgan fingerprint density at radius 3 is 2.95 bits per heavy atom. The SMILES string of the molecule is O=C(Nc1ccc(Br)cc1Cl)[C@H]1[C@@H]2C[C@@H]3[C@@H]1C(=O)O[C@@H]3C2. The van der Waals surface area contributed by atoms with Crippen LogP contribution in [-0.4, -0.2) is 18.0 Å². The van der Waals surface area contributed by atoms with Crippen molar-refractivity contribution in [3.8, 4) is 0 Å². The summed E-state index contributed by atoms with van der Waals surface area (Å²) in [5.41, 5.74) is 0.579. The zero-order chi connectivity index (χ0) is 14.7. The standard InChI is InChI=1S/C15H13BrClNO3/c16-7-1-2-10(9(17)5-7)18-14(19)12-6-3-8-11(4-6)21-15(20)13(8)12/h1-2,5-6,8,11-13H,3-4H2,(H,18,19)/t6-,8+,11-,12+,13+/m1/s1. The number of carbonyl (C=O) groups is 2. The molecule has 1 amide bonds. The summed E-state index contributed by atoms with van der Waals surface area (Å²) in [5, 5.41) is 3.35. The van der Waals surface area contributed by atoms with Crippen molar-refractivity contribution in [2.45, 2.75) is 18.9 Å². The minimum Gasteiger partial charge on any atom is -0.462 e. The van der Waals surface area contributed by atoms with Crippen LogP contribution in [0.1, 0.15) is 12.8 Å². The second-order valence-electron chi connectivity index (χ2n) is 6.04. The van der Waals surface area contributed by atoms with Crippen molar-refractivity contribution in [2.24, 2.45) is 23.7 Å². The van der Waals surface area contributed by atoms with Gasteiger partial charge in [0.05, 0.1) is 22.5 Å². The van der Waals surface area contributed by atoms with Gasteiger partial charge in [-0.2, -0.15) is 0 Å². The first-order valence-electron chi connectivity index (χ1n) is 7.01. The number of benzene rings is 1. The quantitative estimate of drug-likeness (QED) is 0.813. The number of amides is 1. The Morgan fingerprint density at radius 1 is 1.38 bits per heavy atom. The molecule has 4 nitrogen and oxygen atoms in total. The Hall–Kier alpha value is -1.07. The van der Waals surface area contributed by atoms with Crippen LogP contribution in [0.25, 0.3) is 0 Å². The lowest BCUT2D eigenvalue weighted by molar-refractivity contribution is -0.145. The van der Waals surface area contributed by atoms with Crippen molar-refractivity contribution in [2.75, 3.05) is 5.32 Å². The third kappa shape index (κ3) is 2.01. The molecule has 1 aliphatic heterocycles. The van der Waals surface area contributed by atoms with Gasteiger partial charge in [0.25, 0.3) is 0 Å². The summed E-state index contributed by atoms with van der Waals surface area (Å²) in [6, 6.07) is 5.31. The number of rotatable bonds is 2. The summed E-state index contributed by atoms with van der Waals surface area (Å²) in [6.07, 6.45) is 1.79. The Balaban J connectivity index is 1.57. The number of halogens is 2. The van der Waals surface area contributed by atoms with Gasteiger partial charge in [0.1, 0.15) is 6.10 Å². The number of anilines is 1. The Morgan fingerprint density at radius 2 is 2.19 bits per heavy atom. The van der Waals surface area contributed by atoms with Gasteiger partial charge in [0.2, 0.25) is 5.91 Å². The smallest absolute Gasteiger partial charge is 0.310 e. The van der Waals surface area contributed by atoms with E-state index >= 15 is 0 Å². The Kier molecular flexibility index (Phi) is 3.05. The number of ether oxygens (including phenoxy) is 1. The number of hydrogen-bond donors (Lipinski definition) is 1. The van der Waals surface area contributed by atoms with Crippen molar-refractivity contribution < 1.29 is 14.3 Å². The monoisotopic (exact) mass is 369 g/mol. The summed E-state index contributed by atoms with van der Waals surface area (Å²) in [6.45, 7) is 0. The molecular formula is C15H13BrClNO3. The first-order valence-corrected chi connectivity index (χ1v) is 8.18. The summed E-state index contributed by atoms with van der Waals surface area (Å²) in [4.78, 5) is 24.5. The molecule has 1 saturated heterocycles. The molecule has 0 unspecified atom stereocenters. The largest absolute Gasteiger partial charge is 0.462 e. The van der Waals surface area contributed by atoms with Crippen molar-refractivity contribution in [1.82, 2.24) is 0 Å². The highest BCUT2D eigenvalue weighted by Crippen LogP contribution is 2.57. The topological polar surface area (TPSA) is 55.4 Å². The third-order valence-corrected chi connectivity index (χ3v) is 5.78. The summed E-state index contributed by atoms with van der Waals surface area (Å²) >= 11 is 9.46. The number of hydrogen-bond acceptors (Lipinski definition) is 3. The number of carbonyl (C=O) groups excluding carboxylic acids is 2. The van der Waals surface area contributed by atoms with Crippen LogP contribution in [-0.2, 0) is 14.3 Å². The fourth-order valence-electron chi connectivity index (χ4n) is 4.17. The molecule has 3 aliphatic rings. The van der Waals surface area contributed by atoms with E-state index < -0.39 is 0 Å². The number of nitrogens with one attached hydrogen (secondary N) is 1. The minimum absolute atomic E-state index is 0.0489. The second-order valence-corrected chi connectivity index (χ2v) is 7.36. The van der Waals surface area contributed by atoms with Crippen LogP contribution in [0.15, 0.2) is 22.7 Å². The molecule has 0 aromatic heterocycles. The molecule has 1 N–H and O–H groups in total. The third-order valence-electron chi connectivity index (χ3n) is 4.97. The lowest BCUT2D eigenvalue weighted by atomic mass is 9.79. The van der Waals surface area contributed by atoms with E-state index in [-0.39, 0.29) is 41.7 Å². The molecule has 2 saturated carbocycles. The molecule has 110 valence electrons. The number of fused-ring (bicyclic) bond motifs is 1. The van der Waals surface area contributed by atoms with Crippen molar-refractivity contribution in [3.05, 3.63) is 27.7 Å². The first kappa shape index (κ1) is 13.6. The van der Waals surface area contributed by atoms with Crippen molar-refractivity contribution >= 4 is 45.1 Å². The maximum Gasteiger partial charge on any atom is 0.310 e. The molecular weight excluding hydrogens is 358 g/mol. The van der Waals surface area contributed by atoms with Gasteiger partial charge in [0.15, 0.2) is 0 Å². The van der Waals surface area contributed by atoms with E-state index in [0.717, 1.165) is 17.3 Å². The normalized spacial score (nSPS) is 35.9. The first-order chi connectivity index (χ1) is 10.0. The predicted octanol–water partition coefficient (Wildman–Crippen LogP) is 3.24. The van der Waals surface area contributed by atoms with Crippen LogP contribution in [0.2, 0.25) is 5.02 Å². The molecule has 1 aromatic carbocycles. The molecule has 0 spiro atoms. The molecule has 1 heterocycles. The summed E-state index contributed by atoms with van der Waals surface area (Å²) < 4.78 is 6.21. The van der Waals surface area contributed by atoms with Crippen LogP contribution in [0.5, 0.6) is 0 Å². The van der Waals surface area contributed by atoms with E-state index in [1.54, 1.807) is 12.1 Å². The van der Waals surface area contributed by atoms with Crippen molar-refractivity contribution in [3.63, 3.8) is 0 Å². The minimum atomic E-state index is -0.277. The maximum absolute atomic E-state index is 12.6. The van der Waals surface area contributed by atoms with Crippen LogP contribution in [0, 0.1) is 23.7 Å². The van der Waals surface area contributed by atoms with Gasteiger partial charge in [-0.25, -0.2) is 0 Å². The zero-order valence-electron chi connectivity index (χ0n) is 11.0. The van der Waals surface area contributed by atoms with E-state index in [1.807, 2.05) is 6.07 Å². The molecule has 21 heavy (non-hydrogen) atoms. The van der Waals surface area contributed by atoms with Gasteiger partial charge in [-0.1, -0.05) is 27.5 Å². The van der Waals surface area contributed by atoms with Crippen molar-refractivity contribution in [1.29, 1.82) is 0 Å². The van der Waals surface area contributed by atoms with E-state index in [0.29, 0.717) is 10.7 Å². The maximum atomic E-state index is 12.6. The molecule has 3 fully saturated rings. The highest BCUT2D eigenvalue weighted by Gasteiger charge is 2.63. The van der Waals surface area contributed by atoms with Crippen LogP contribution < -0.4 is 5.32 Å². The fraction of sp³-hybridized carbons (Fsp3) is 0.467. The predicted molar refractivity (Wildman–Crippen MR) is 80.9 cm³/mol. The molecule has 4 rings (SSSR count). The molecule has 6 heteroatoms. The molecule has 1 aromatic rings. The van der Waals surface area contributed by atoms with Crippen LogP contribution in [0.4, 0.5) is 5.69 Å². The molecule has 5 atom stereocenters. The van der Waals surface area contributed by atoms with Gasteiger partial charge in [-0.3, -0.25) is 9.59 Å². The summed E-state index contributed by atoms with van der Waals surface area (Å²) in [7, 11) is 0. The number of esters is 1. The van der Waals surface area contributed by atoms with Crippen LogP contribution >= 0.6 is 27.5 Å². The van der Waals surface area contributed by atoms with E-state index in [9.17, 15) is 9.59 Å². The molecule has 0 radical (unpaired) electrons. The highest BCUT2D eigenvalue weighted by atomic mass is 79.9. The average molecular weight is 371 g/mol. The zero-order valence-corrected chi connectivity index (χ0v) is 13.4. The van der Waals surface area contributed by atoms with Gasteiger partial charge >= 0.3 is 5.97 Å². The molecule has 2 bridgehead atoms. The lowest BCUT2D eigenvalue weighted by Gasteiger charge is -2.23. The van der Waals surface area contributed by atoms with Gasteiger partial charge in [0, 0.05) is 10.4 Å². The second kappa shape index (κ2) is 4.71. The van der Waals surface area contributed by atoms with E-state index in [4.69, 9.17) is 16.3 Å². The highest BCUT2D eigenvalue weighted by molar-refractivity contribution is 9.10. The molecule has 2 aliphatic carbocycles. The fourth-order valence-corrected chi connectivity index (χ4v) is 4.89. The Bertz CT molecular complexity index is 648. The average Bonchev–Trinajstić information content (AvgIpc) is 3.02. The van der Waals surface area contributed by atoms with E-state index in [1.165, 1.54) is 0 Å². The van der Waals surface area contributed by atoms with Gasteiger partial charge in [-0.15, -0.1) is 0 Å². The van der Waals surface area contributed by atoms with Gasteiger partial charge in [-0.05, 0) is 37.0 Å². The van der Waals surface area contributed by atoms with Crippen LogP contribution in [0.3, 0.4) is 0 Å².